The Bertz CT molecular complexity index is 397. The fourth-order valence-corrected chi connectivity index (χ4v) is 2.66. The minimum absolute atomic E-state index is 0.00204. The van der Waals surface area contributed by atoms with E-state index in [1.54, 1.807) is 11.7 Å². The highest BCUT2D eigenvalue weighted by Gasteiger charge is 2.32. The van der Waals surface area contributed by atoms with E-state index in [1.807, 2.05) is 4.90 Å². The molecule has 1 aliphatic heterocycles. The molecule has 1 saturated heterocycles. The van der Waals surface area contributed by atoms with Gasteiger partial charge in [-0.3, -0.25) is 9.48 Å². The number of carbonyl (C=O) groups is 1. The molecule has 1 aromatic heterocycles. The van der Waals surface area contributed by atoms with Crippen molar-refractivity contribution in [2.75, 3.05) is 5.73 Å². The van der Waals surface area contributed by atoms with Gasteiger partial charge in [-0.05, 0) is 33.1 Å². The average molecular weight is 236 g/mol. The fraction of sp³-hybridized carbons (Fsp3) is 0.667. The van der Waals surface area contributed by atoms with Crippen molar-refractivity contribution in [2.45, 2.75) is 45.2 Å². The van der Waals surface area contributed by atoms with E-state index in [9.17, 15) is 4.79 Å². The minimum atomic E-state index is 0.00204. The van der Waals surface area contributed by atoms with Gasteiger partial charge in [0.1, 0.15) is 5.69 Å². The highest BCUT2D eigenvalue weighted by atomic mass is 16.2. The van der Waals surface area contributed by atoms with E-state index in [2.05, 4.69) is 18.9 Å². The van der Waals surface area contributed by atoms with Gasteiger partial charge in [-0.15, -0.1) is 0 Å². The number of nitrogens with two attached hydrogens (primary N) is 1. The third-order valence-electron chi connectivity index (χ3n) is 3.60. The first-order valence-corrected chi connectivity index (χ1v) is 6.12. The molecule has 0 bridgehead atoms. The van der Waals surface area contributed by atoms with Crippen molar-refractivity contribution in [3.63, 3.8) is 0 Å². The molecule has 2 N–H and O–H groups in total. The molecular weight excluding hydrogens is 216 g/mol. The molecule has 1 aliphatic rings. The number of piperidine rings is 1. The number of hydrogen-bond donors (Lipinski definition) is 1. The van der Waals surface area contributed by atoms with Crippen LogP contribution in [0.2, 0.25) is 0 Å². The summed E-state index contributed by atoms with van der Waals surface area (Å²) >= 11 is 0. The fourth-order valence-electron chi connectivity index (χ4n) is 2.66. The number of nitrogen functional groups attached to an aromatic ring is 1. The van der Waals surface area contributed by atoms with Crippen LogP contribution in [0.15, 0.2) is 6.20 Å². The van der Waals surface area contributed by atoms with Gasteiger partial charge in [-0.25, -0.2) is 0 Å². The van der Waals surface area contributed by atoms with E-state index < -0.39 is 0 Å². The van der Waals surface area contributed by atoms with Crippen LogP contribution in [0, 0.1) is 0 Å². The second kappa shape index (κ2) is 4.39. The third-order valence-corrected chi connectivity index (χ3v) is 3.60. The maximum absolute atomic E-state index is 12.5. The van der Waals surface area contributed by atoms with Crippen molar-refractivity contribution in [3.05, 3.63) is 11.9 Å². The van der Waals surface area contributed by atoms with Crippen LogP contribution >= 0.6 is 0 Å². The Kier molecular flexibility index (Phi) is 3.09. The lowest BCUT2D eigenvalue weighted by Gasteiger charge is -2.39. The summed E-state index contributed by atoms with van der Waals surface area (Å²) in [5.74, 6) is 0.00204. The molecule has 2 atom stereocenters. The minimum Gasteiger partial charge on any atom is -0.396 e. The number of aromatic nitrogens is 2. The Morgan fingerprint density at radius 2 is 2.00 bits per heavy atom. The second-order valence-electron chi connectivity index (χ2n) is 4.91. The number of hydrogen-bond acceptors (Lipinski definition) is 3. The summed E-state index contributed by atoms with van der Waals surface area (Å²) in [7, 11) is 1.75. The third kappa shape index (κ3) is 2.01. The number of anilines is 1. The van der Waals surface area contributed by atoms with Crippen LogP contribution in [0.3, 0.4) is 0 Å². The summed E-state index contributed by atoms with van der Waals surface area (Å²) in [6.07, 6.45) is 4.85. The first-order valence-electron chi connectivity index (χ1n) is 6.12. The molecule has 1 fully saturated rings. The molecule has 0 spiro atoms. The van der Waals surface area contributed by atoms with Gasteiger partial charge in [-0.1, -0.05) is 0 Å². The van der Waals surface area contributed by atoms with Crippen molar-refractivity contribution in [1.82, 2.24) is 14.7 Å². The highest BCUT2D eigenvalue weighted by molar-refractivity contribution is 5.97. The maximum Gasteiger partial charge on any atom is 0.274 e. The molecule has 0 saturated carbocycles. The summed E-state index contributed by atoms with van der Waals surface area (Å²) in [6.45, 7) is 4.19. The lowest BCUT2D eigenvalue weighted by Crippen LogP contribution is -2.48. The Hall–Kier alpha value is -1.52. The van der Waals surface area contributed by atoms with Crippen molar-refractivity contribution < 1.29 is 4.79 Å². The van der Waals surface area contributed by atoms with Gasteiger partial charge in [0.05, 0.1) is 11.9 Å². The van der Waals surface area contributed by atoms with Crippen LogP contribution in [0.4, 0.5) is 5.69 Å². The second-order valence-corrected chi connectivity index (χ2v) is 4.91. The van der Waals surface area contributed by atoms with Gasteiger partial charge in [-0.2, -0.15) is 5.10 Å². The number of aryl methyl sites for hydroxylation is 1. The molecule has 1 aromatic rings. The molecule has 94 valence electrons. The smallest absolute Gasteiger partial charge is 0.274 e. The van der Waals surface area contributed by atoms with Crippen LogP contribution in [0.5, 0.6) is 0 Å². The van der Waals surface area contributed by atoms with Crippen molar-refractivity contribution >= 4 is 11.6 Å². The van der Waals surface area contributed by atoms with Gasteiger partial charge < -0.3 is 10.6 Å². The van der Waals surface area contributed by atoms with Gasteiger partial charge in [0.2, 0.25) is 0 Å². The molecule has 5 heteroatoms. The Balaban J connectivity index is 2.30. The first-order chi connectivity index (χ1) is 8.02. The lowest BCUT2D eigenvalue weighted by molar-refractivity contribution is 0.0500. The van der Waals surface area contributed by atoms with Crippen LogP contribution in [-0.4, -0.2) is 32.7 Å². The summed E-state index contributed by atoms with van der Waals surface area (Å²) in [4.78, 5) is 14.4. The van der Waals surface area contributed by atoms with Gasteiger partial charge in [0.25, 0.3) is 5.91 Å². The van der Waals surface area contributed by atoms with Gasteiger partial charge in [0.15, 0.2) is 0 Å². The standard InChI is InChI=1S/C12H20N4O/c1-8-5-4-6-9(2)16(8)12(17)11-10(13)7-14-15(11)3/h7-9H,4-6,13H2,1-3H3/t8-,9+. The van der Waals surface area contributed by atoms with E-state index in [4.69, 9.17) is 5.73 Å². The van der Waals surface area contributed by atoms with E-state index in [0.29, 0.717) is 11.4 Å². The number of nitrogens with zero attached hydrogens (tertiary/aromatic N) is 3. The molecule has 0 unspecified atom stereocenters. The number of rotatable bonds is 1. The summed E-state index contributed by atoms with van der Waals surface area (Å²) in [6, 6.07) is 0.557. The molecule has 0 aromatic carbocycles. The molecule has 0 aliphatic carbocycles. The van der Waals surface area contributed by atoms with Crippen LogP contribution in [0.25, 0.3) is 0 Å². The van der Waals surface area contributed by atoms with Crippen molar-refractivity contribution in [3.8, 4) is 0 Å². The predicted molar refractivity (Wildman–Crippen MR) is 66.6 cm³/mol. The van der Waals surface area contributed by atoms with E-state index in [-0.39, 0.29) is 18.0 Å². The van der Waals surface area contributed by atoms with Crippen molar-refractivity contribution in [1.29, 1.82) is 0 Å². The Morgan fingerprint density at radius 1 is 1.41 bits per heavy atom. The average Bonchev–Trinajstić information content (AvgIpc) is 2.58. The first kappa shape index (κ1) is 12.0. The monoisotopic (exact) mass is 236 g/mol. The number of carbonyl (C=O) groups excluding carboxylic acids is 1. The van der Waals surface area contributed by atoms with Crippen LogP contribution in [-0.2, 0) is 7.05 Å². The normalized spacial score (nSPS) is 25.0. The Morgan fingerprint density at radius 3 is 2.47 bits per heavy atom. The van der Waals surface area contributed by atoms with Crippen LogP contribution in [0.1, 0.15) is 43.6 Å². The largest absolute Gasteiger partial charge is 0.396 e. The SMILES string of the molecule is C[C@@H]1CCC[C@H](C)N1C(=O)c1c(N)cnn1C. The maximum atomic E-state index is 12.5. The lowest BCUT2D eigenvalue weighted by atomic mass is 9.97. The molecule has 1 amide bonds. The van der Waals surface area contributed by atoms with Crippen molar-refractivity contribution in [2.24, 2.45) is 7.05 Å². The number of likely N-dealkylation sites (tertiary alicyclic amines) is 1. The van der Waals surface area contributed by atoms with E-state index in [1.165, 1.54) is 12.6 Å². The van der Waals surface area contributed by atoms with E-state index >= 15 is 0 Å². The van der Waals surface area contributed by atoms with E-state index in [0.717, 1.165) is 12.8 Å². The Labute approximate surface area is 102 Å². The predicted octanol–water partition coefficient (Wildman–Crippen LogP) is 1.41. The summed E-state index contributed by atoms with van der Waals surface area (Å²) in [5, 5.41) is 4.03. The quantitative estimate of drug-likeness (QED) is 0.801. The topological polar surface area (TPSA) is 64.2 Å². The highest BCUT2D eigenvalue weighted by Crippen LogP contribution is 2.25. The molecule has 2 heterocycles. The zero-order valence-corrected chi connectivity index (χ0v) is 10.7. The molecule has 17 heavy (non-hydrogen) atoms. The van der Waals surface area contributed by atoms with Crippen LogP contribution < -0.4 is 5.73 Å². The van der Waals surface area contributed by atoms with Gasteiger partial charge in [0, 0.05) is 19.1 Å². The summed E-state index contributed by atoms with van der Waals surface area (Å²) < 4.78 is 1.56. The molecule has 2 rings (SSSR count). The molecule has 5 nitrogen and oxygen atoms in total. The van der Waals surface area contributed by atoms with Gasteiger partial charge >= 0.3 is 0 Å². The zero-order valence-electron chi connectivity index (χ0n) is 10.7. The molecular formula is C12H20N4O. The summed E-state index contributed by atoms with van der Waals surface area (Å²) in [5.41, 5.74) is 6.77. The zero-order chi connectivity index (χ0) is 12.6. The molecule has 0 radical (unpaired) electrons. The number of amides is 1.